The molecule has 154 valence electrons. The van der Waals surface area contributed by atoms with E-state index in [2.05, 4.69) is 52.1 Å². The van der Waals surface area contributed by atoms with E-state index in [0.29, 0.717) is 11.4 Å². The number of thiazole rings is 1. The van der Waals surface area contributed by atoms with Crippen molar-refractivity contribution in [3.8, 4) is 0 Å². The molecule has 0 radical (unpaired) electrons. The maximum atomic E-state index is 8.59. The molecule has 2 N–H and O–H groups in total. The van der Waals surface area contributed by atoms with E-state index in [9.17, 15) is 0 Å². The minimum atomic E-state index is 0.406. The number of hydrogen-bond acceptors (Lipinski definition) is 5. The van der Waals surface area contributed by atoms with Gasteiger partial charge in [0, 0.05) is 23.6 Å². The number of aromatic nitrogens is 1. The normalized spacial score (nSPS) is 11.7. The van der Waals surface area contributed by atoms with E-state index in [4.69, 9.17) is 5.41 Å². The number of aryl methyl sites for hydroxylation is 2. The highest BCUT2D eigenvalue weighted by Gasteiger charge is 2.12. The van der Waals surface area contributed by atoms with E-state index in [1.54, 1.807) is 18.4 Å². The van der Waals surface area contributed by atoms with Crippen molar-refractivity contribution in [3.63, 3.8) is 0 Å². The van der Waals surface area contributed by atoms with Crippen LogP contribution in [0.4, 0.5) is 0 Å². The van der Waals surface area contributed by atoms with Gasteiger partial charge in [0.05, 0.1) is 16.4 Å². The molecule has 0 saturated carbocycles. The second kappa shape index (κ2) is 11.2. The summed E-state index contributed by atoms with van der Waals surface area (Å²) >= 11 is 1.72. The lowest BCUT2D eigenvalue weighted by Crippen LogP contribution is -2.19. The smallest absolute Gasteiger partial charge is 0.116 e. The van der Waals surface area contributed by atoms with Gasteiger partial charge in [0.1, 0.15) is 5.71 Å². The predicted octanol–water partition coefficient (Wildman–Crippen LogP) is 5.87. The summed E-state index contributed by atoms with van der Waals surface area (Å²) in [6.07, 6.45) is 8.78. The maximum Gasteiger partial charge on any atom is 0.116 e. The Balaban J connectivity index is 1.60. The molecule has 1 aromatic heterocycles. The second-order valence-electron chi connectivity index (χ2n) is 7.06. The van der Waals surface area contributed by atoms with Crippen molar-refractivity contribution in [1.29, 1.82) is 5.41 Å². The highest BCUT2D eigenvalue weighted by atomic mass is 32.1. The zero-order valence-corrected chi connectivity index (χ0v) is 18.4. The molecule has 0 bridgehead atoms. The van der Waals surface area contributed by atoms with E-state index in [1.807, 2.05) is 42.5 Å². The lowest BCUT2D eigenvalue weighted by atomic mass is 9.98. The van der Waals surface area contributed by atoms with E-state index in [0.717, 1.165) is 47.4 Å². The molecule has 0 fully saturated rings. The van der Waals surface area contributed by atoms with E-state index >= 15 is 0 Å². The lowest BCUT2D eigenvalue weighted by molar-refractivity contribution is 0.737. The summed E-state index contributed by atoms with van der Waals surface area (Å²) in [5.74, 6) is 0. The summed E-state index contributed by atoms with van der Waals surface area (Å²) < 4.78 is 0. The number of unbranched alkanes of at least 4 members (excludes halogenated alkanes) is 2. The van der Waals surface area contributed by atoms with Crippen molar-refractivity contribution >= 4 is 28.8 Å². The van der Waals surface area contributed by atoms with Crippen LogP contribution in [-0.2, 0) is 6.42 Å². The highest BCUT2D eigenvalue weighted by Crippen LogP contribution is 2.14. The first-order valence-electron chi connectivity index (χ1n) is 10.2. The lowest BCUT2D eigenvalue weighted by Gasteiger charge is -2.09. The Kier molecular flexibility index (Phi) is 8.10. The summed E-state index contributed by atoms with van der Waals surface area (Å²) in [5.41, 5.74) is 8.00. The monoisotopic (exact) mass is 416 g/mol. The van der Waals surface area contributed by atoms with Crippen molar-refractivity contribution in [2.24, 2.45) is 5.10 Å². The molecule has 0 atom stereocenters. The van der Waals surface area contributed by atoms with Gasteiger partial charge >= 0.3 is 0 Å². The van der Waals surface area contributed by atoms with Crippen molar-refractivity contribution in [3.05, 3.63) is 93.4 Å². The topological polar surface area (TPSA) is 61.1 Å². The van der Waals surface area contributed by atoms with Crippen LogP contribution in [0.2, 0.25) is 0 Å². The molecule has 30 heavy (non-hydrogen) atoms. The fraction of sp³-hybridized carbons (Fsp3) is 0.240. The second-order valence-corrected chi connectivity index (χ2v) is 8.12. The fourth-order valence-electron chi connectivity index (χ4n) is 3.22. The van der Waals surface area contributed by atoms with Crippen LogP contribution in [0, 0.1) is 12.3 Å². The van der Waals surface area contributed by atoms with Gasteiger partial charge in [-0.25, -0.2) is 4.98 Å². The Hall–Kier alpha value is -3.05. The van der Waals surface area contributed by atoms with E-state index < -0.39 is 0 Å². The van der Waals surface area contributed by atoms with Crippen LogP contribution >= 0.6 is 11.3 Å². The molecule has 0 aliphatic rings. The molecule has 3 aromatic rings. The molecule has 3 rings (SSSR count). The minimum Gasteiger partial charge on any atom is -0.312 e. The molecule has 0 spiro atoms. The maximum absolute atomic E-state index is 8.59. The molecular formula is C25H28N4S. The number of rotatable bonds is 10. The molecule has 5 heteroatoms. The van der Waals surface area contributed by atoms with Crippen molar-refractivity contribution in [2.75, 3.05) is 7.05 Å². The predicted molar refractivity (Wildman–Crippen MR) is 129 cm³/mol. The summed E-state index contributed by atoms with van der Waals surface area (Å²) in [7, 11) is 1.76. The fourth-order valence-corrected chi connectivity index (χ4v) is 3.87. The molecule has 0 amide bonds. The molecule has 4 nitrogen and oxygen atoms in total. The quantitative estimate of drug-likeness (QED) is 0.247. The molecule has 0 saturated heterocycles. The third-order valence-corrected chi connectivity index (χ3v) is 5.54. The number of allylic oxidation sites excluding steroid dienone is 1. The van der Waals surface area contributed by atoms with Gasteiger partial charge in [-0.3, -0.25) is 5.41 Å². The number of nitrogens with one attached hydrogen (secondary N) is 2. The summed E-state index contributed by atoms with van der Waals surface area (Å²) in [6, 6.07) is 17.9. The van der Waals surface area contributed by atoms with Crippen LogP contribution in [-0.4, -0.2) is 23.5 Å². The van der Waals surface area contributed by atoms with Gasteiger partial charge in [-0.1, -0.05) is 60.7 Å². The Bertz CT molecular complexity index is 1020. The van der Waals surface area contributed by atoms with Crippen LogP contribution < -0.4 is 5.43 Å². The Morgan fingerprint density at radius 3 is 2.63 bits per heavy atom. The van der Waals surface area contributed by atoms with Crippen molar-refractivity contribution in [1.82, 2.24) is 10.4 Å². The number of nitrogens with zero attached hydrogens (tertiary/aromatic N) is 2. The first-order chi connectivity index (χ1) is 14.7. The highest BCUT2D eigenvalue weighted by molar-refractivity contribution is 7.09. The van der Waals surface area contributed by atoms with Crippen molar-refractivity contribution in [2.45, 2.75) is 32.6 Å². The Labute approximate surface area is 182 Å². The number of hydrazone groups is 1. The van der Waals surface area contributed by atoms with Gasteiger partial charge in [0.25, 0.3) is 0 Å². The molecule has 0 aliphatic carbocycles. The standard InChI is InChI=1S/C25H28N4S/c1-19-28-23(18-30-19)16-9-4-3-6-11-20-12-10-15-22(17-20)25(29-27-2)24(26)21-13-7-5-8-14-21/h5-8,10-15,17-18,26-27H,3-4,9,16H2,1-2H3/b11-6+,26-24?,29-25-. The van der Waals surface area contributed by atoms with E-state index in [-0.39, 0.29) is 0 Å². The molecule has 2 aromatic carbocycles. The number of benzene rings is 2. The third kappa shape index (κ3) is 6.22. The van der Waals surface area contributed by atoms with Gasteiger partial charge in [0.2, 0.25) is 0 Å². The van der Waals surface area contributed by atoms with Gasteiger partial charge in [0.15, 0.2) is 0 Å². The largest absolute Gasteiger partial charge is 0.312 e. The van der Waals surface area contributed by atoms with Crippen LogP contribution in [0.15, 0.2) is 71.2 Å². The van der Waals surface area contributed by atoms with Crippen LogP contribution in [0.5, 0.6) is 0 Å². The van der Waals surface area contributed by atoms with E-state index in [1.165, 1.54) is 5.69 Å². The van der Waals surface area contributed by atoms with Crippen LogP contribution in [0.1, 0.15) is 46.7 Å². The number of hydrogen-bond donors (Lipinski definition) is 2. The Morgan fingerprint density at radius 2 is 1.90 bits per heavy atom. The van der Waals surface area contributed by atoms with Crippen molar-refractivity contribution < 1.29 is 0 Å². The molecule has 1 heterocycles. The SMILES string of the molecule is CN/N=C(\C(=N)c1ccccc1)c1cccc(/C=C/CCCCc2csc(C)n2)c1. The summed E-state index contributed by atoms with van der Waals surface area (Å²) in [5, 5.41) is 16.3. The molecular weight excluding hydrogens is 388 g/mol. The average molecular weight is 417 g/mol. The third-order valence-electron chi connectivity index (χ3n) is 4.71. The first-order valence-corrected chi connectivity index (χ1v) is 11.1. The van der Waals surface area contributed by atoms with Crippen LogP contribution in [0.25, 0.3) is 6.08 Å². The minimum absolute atomic E-state index is 0.406. The van der Waals surface area contributed by atoms with Gasteiger partial charge in [-0.2, -0.15) is 5.10 Å². The van der Waals surface area contributed by atoms with Gasteiger partial charge in [-0.15, -0.1) is 11.3 Å². The average Bonchev–Trinajstić information content (AvgIpc) is 3.20. The molecule has 0 aliphatic heterocycles. The van der Waals surface area contributed by atoms with Gasteiger partial charge in [-0.05, 0) is 44.2 Å². The first kappa shape index (κ1) is 21.7. The van der Waals surface area contributed by atoms with Gasteiger partial charge < -0.3 is 5.43 Å². The zero-order valence-electron chi connectivity index (χ0n) is 17.6. The summed E-state index contributed by atoms with van der Waals surface area (Å²) in [4.78, 5) is 4.52. The summed E-state index contributed by atoms with van der Waals surface area (Å²) in [6.45, 7) is 2.05. The van der Waals surface area contributed by atoms with Crippen LogP contribution in [0.3, 0.4) is 0 Å². The molecule has 0 unspecified atom stereocenters. The zero-order chi connectivity index (χ0) is 21.2. The Morgan fingerprint density at radius 1 is 1.10 bits per heavy atom.